The van der Waals surface area contributed by atoms with Crippen molar-refractivity contribution in [3.63, 3.8) is 0 Å². The molecule has 1 aromatic carbocycles. The van der Waals surface area contributed by atoms with E-state index >= 15 is 0 Å². The molecule has 78 valence electrons. The number of anilines is 1. The number of para-hydroxylation sites is 1. The molecule has 1 atom stereocenters. The molecule has 0 aliphatic heterocycles. The molecule has 0 aliphatic rings. The fourth-order valence-corrected chi connectivity index (χ4v) is 1.84. The first-order chi connectivity index (χ1) is 6.47. The number of nitrogens with one attached hydrogen (secondary N) is 2. The van der Waals surface area contributed by atoms with E-state index in [2.05, 4.69) is 10.0 Å². The van der Waals surface area contributed by atoms with Crippen molar-refractivity contribution in [1.82, 2.24) is 4.72 Å². The molecule has 14 heavy (non-hydrogen) atoms. The zero-order chi connectivity index (χ0) is 10.6. The molecule has 0 amide bonds. The Labute approximate surface area is 84.4 Å². The molecule has 0 fully saturated rings. The molecule has 2 N–H and O–H groups in total. The maximum absolute atomic E-state index is 10.9. The van der Waals surface area contributed by atoms with Gasteiger partial charge in [-0.15, -0.1) is 0 Å². The van der Waals surface area contributed by atoms with Gasteiger partial charge in [-0.05, 0) is 19.1 Å². The van der Waals surface area contributed by atoms with E-state index < -0.39 is 10.0 Å². The smallest absolute Gasteiger partial charge is 0.210 e. The predicted octanol–water partition coefficient (Wildman–Crippen LogP) is 0.994. The average Bonchev–Trinajstić information content (AvgIpc) is 2.02. The summed E-state index contributed by atoms with van der Waals surface area (Å²) >= 11 is 0. The zero-order valence-electron chi connectivity index (χ0n) is 8.19. The summed E-state index contributed by atoms with van der Waals surface area (Å²) in [5, 5.41) is 3.01. The molecule has 0 saturated heterocycles. The minimum Gasteiger partial charge on any atom is -0.369 e. The van der Waals surface area contributed by atoms with Crippen molar-refractivity contribution < 1.29 is 8.42 Å². The van der Waals surface area contributed by atoms with Gasteiger partial charge in [0, 0.05) is 5.69 Å². The second kappa shape index (κ2) is 4.43. The van der Waals surface area contributed by atoms with Crippen molar-refractivity contribution in [3.05, 3.63) is 30.3 Å². The molecule has 1 rings (SSSR count). The third kappa shape index (κ3) is 4.25. The second-order valence-electron chi connectivity index (χ2n) is 3.12. The summed E-state index contributed by atoms with van der Waals surface area (Å²) in [5.74, 6) is 0. The van der Waals surface area contributed by atoms with Crippen LogP contribution in [0.25, 0.3) is 0 Å². The highest BCUT2D eigenvalue weighted by molar-refractivity contribution is 7.88. The first kappa shape index (κ1) is 11.0. The van der Waals surface area contributed by atoms with Crippen LogP contribution in [0.15, 0.2) is 30.3 Å². The number of hydrogen-bond acceptors (Lipinski definition) is 3. The lowest BCUT2D eigenvalue weighted by molar-refractivity contribution is 0.578. The maximum atomic E-state index is 10.9. The highest BCUT2D eigenvalue weighted by Crippen LogP contribution is 2.05. The molecule has 0 radical (unpaired) electrons. The summed E-state index contributed by atoms with van der Waals surface area (Å²) in [6, 6.07) is 9.42. The van der Waals surface area contributed by atoms with Gasteiger partial charge in [0.15, 0.2) is 0 Å². The summed E-state index contributed by atoms with van der Waals surface area (Å²) < 4.78 is 24.2. The molecule has 0 spiro atoms. The quantitative estimate of drug-likeness (QED) is 0.735. The highest BCUT2D eigenvalue weighted by atomic mass is 32.2. The minimum absolute atomic E-state index is 0.313. The van der Waals surface area contributed by atoms with Gasteiger partial charge in [-0.25, -0.2) is 8.42 Å². The molecule has 0 aromatic heterocycles. The van der Waals surface area contributed by atoms with E-state index in [-0.39, 0.29) is 6.17 Å². The molecule has 0 aliphatic carbocycles. The van der Waals surface area contributed by atoms with Crippen molar-refractivity contribution in [2.75, 3.05) is 11.6 Å². The molecule has 1 aromatic rings. The fourth-order valence-electron chi connectivity index (χ4n) is 1.13. The fraction of sp³-hybridized carbons (Fsp3) is 0.333. The number of hydrogen-bond donors (Lipinski definition) is 2. The first-order valence-corrected chi connectivity index (χ1v) is 6.15. The van der Waals surface area contributed by atoms with Crippen LogP contribution in [0, 0.1) is 0 Å². The minimum atomic E-state index is -3.16. The summed E-state index contributed by atoms with van der Waals surface area (Å²) in [7, 11) is -3.16. The normalized spacial score (nSPS) is 13.6. The average molecular weight is 214 g/mol. The lowest BCUT2D eigenvalue weighted by atomic mass is 10.3. The zero-order valence-corrected chi connectivity index (χ0v) is 9.01. The second-order valence-corrected chi connectivity index (χ2v) is 4.90. The van der Waals surface area contributed by atoms with E-state index in [1.165, 1.54) is 0 Å². The Bertz CT molecular complexity index is 375. The monoisotopic (exact) mass is 214 g/mol. The molecule has 0 heterocycles. The van der Waals surface area contributed by atoms with Gasteiger partial charge in [0.05, 0.1) is 12.4 Å². The van der Waals surface area contributed by atoms with Crippen LogP contribution in [0.5, 0.6) is 0 Å². The maximum Gasteiger partial charge on any atom is 0.210 e. The van der Waals surface area contributed by atoms with Crippen LogP contribution in [0.3, 0.4) is 0 Å². The van der Waals surface area contributed by atoms with Gasteiger partial charge in [0.2, 0.25) is 10.0 Å². The van der Waals surface area contributed by atoms with Crippen LogP contribution in [-0.4, -0.2) is 20.8 Å². The molecule has 0 saturated carbocycles. The van der Waals surface area contributed by atoms with E-state index in [4.69, 9.17) is 0 Å². The van der Waals surface area contributed by atoms with Crippen molar-refractivity contribution in [2.45, 2.75) is 13.1 Å². The molecule has 5 heteroatoms. The molecule has 4 nitrogen and oxygen atoms in total. The van der Waals surface area contributed by atoms with Gasteiger partial charge in [0.1, 0.15) is 0 Å². The Morgan fingerprint density at radius 1 is 1.21 bits per heavy atom. The van der Waals surface area contributed by atoms with Gasteiger partial charge in [-0.3, -0.25) is 0 Å². The standard InChI is InChI=1S/C9H14N2O2S/c1-8(11-14(2,12)13)10-9-6-4-3-5-7-9/h3-8,10-11H,1-2H3. The van der Waals surface area contributed by atoms with Crippen molar-refractivity contribution in [2.24, 2.45) is 0 Å². The Morgan fingerprint density at radius 2 is 1.79 bits per heavy atom. The van der Waals surface area contributed by atoms with E-state index in [1.807, 2.05) is 30.3 Å². The first-order valence-electron chi connectivity index (χ1n) is 4.26. The van der Waals surface area contributed by atoms with Gasteiger partial charge >= 0.3 is 0 Å². The van der Waals surface area contributed by atoms with Crippen LogP contribution in [0.2, 0.25) is 0 Å². The molecular weight excluding hydrogens is 200 g/mol. The lowest BCUT2D eigenvalue weighted by Gasteiger charge is -2.15. The largest absolute Gasteiger partial charge is 0.369 e. The Hall–Kier alpha value is -1.07. The summed E-state index contributed by atoms with van der Waals surface area (Å²) in [5.41, 5.74) is 0.885. The summed E-state index contributed by atoms with van der Waals surface area (Å²) in [6.07, 6.45) is 0.822. The Kier molecular flexibility index (Phi) is 3.49. The summed E-state index contributed by atoms with van der Waals surface area (Å²) in [4.78, 5) is 0. The van der Waals surface area contributed by atoms with Crippen molar-refractivity contribution in [3.8, 4) is 0 Å². The van der Waals surface area contributed by atoms with Crippen LogP contribution in [0.4, 0.5) is 5.69 Å². The van der Waals surface area contributed by atoms with Gasteiger partial charge < -0.3 is 5.32 Å². The topological polar surface area (TPSA) is 58.2 Å². The number of sulfonamides is 1. The van der Waals surface area contributed by atoms with E-state index in [0.29, 0.717) is 0 Å². The van der Waals surface area contributed by atoms with E-state index in [0.717, 1.165) is 11.9 Å². The molecule has 1 unspecified atom stereocenters. The third-order valence-corrected chi connectivity index (χ3v) is 2.33. The van der Waals surface area contributed by atoms with Gasteiger partial charge in [-0.1, -0.05) is 18.2 Å². The van der Waals surface area contributed by atoms with Crippen LogP contribution < -0.4 is 10.0 Å². The lowest BCUT2D eigenvalue weighted by Crippen LogP contribution is -2.37. The van der Waals surface area contributed by atoms with Crippen LogP contribution >= 0.6 is 0 Å². The van der Waals surface area contributed by atoms with E-state index in [1.54, 1.807) is 6.92 Å². The van der Waals surface area contributed by atoms with E-state index in [9.17, 15) is 8.42 Å². The number of rotatable bonds is 4. The van der Waals surface area contributed by atoms with Crippen LogP contribution in [0.1, 0.15) is 6.92 Å². The van der Waals surface area contributed by atoms with Gasteiger partial charge in [0.25, 0.3) is 0 Å². The van der Waals surface area contributed by atoms with Crippen LogP contribution in [-0.2, 0) is 10.0 Å². The summed E-state index contributed by atoms with van der Waals surface area (Å²) in [6.45, 7) is 1.74. The SMILES string of the molecule is CC(Nc1ccccc1)NS(C)(=O)=O. The highest BCUT2D eigenvalue weighted by Gasteiger charge is 2.06. The number of benzene rings is 1. The van der Waals surface area contributed by atoms with Gasteiger partial charge in [-0.2, -0.15) is 4.72 Å². The van der Waals surface area contributed by atoms with Crippen molar-refractivity contribution in [1.29, 1.82) is 0 Å². The van der Waals surface area contributed by atoms with Crippen molar-refractivity contribution >= 4 is 15.7 Å². The molecule has 0 bridgehead atoms. The third-order valence-electron chi connectivity index (χ3n) is 1.55. The predicted molar refractivity (Wildman–Crippen MR) is 57.5 cm³/mol. The Morgan fingerprint density at radius 3 is 2.29 bits per heavy atom. The Balaban J connectivity index is 2.54. The molecular formula is C9H14N2O2S.